The third-order valence-corrected chi connectivity index (χ3v) is 7.64. The molecule has 0 radical (unpaired) electrons. The van der Waals surface area contributed by atoms with E-state index in [4.69, 9.17) is 4.74 Å². The number of benzene rings is 2. The highest BCUT2D eigenvalue weighted by molar-refractivity contribution is 5.84. The SMILES string of the molecule is CC=CCOc1cc2ccc(C3CCC4CC(CCCC)CCC4C3)cc2cc1F. The lowest BCUT2D eigenvalue weighted by Crippen LogP contribution is -2.30. The van der Waals surface area contributed by atoms with Crippen molar-refractivity contribution in [1.29, 1.82) is 0 Å². The summed E-state index contributed by atoms with van der Waals surface area (Å²) in [6.07, 6.45) is 16.3. The summed E-state index contributed by atoms with van der Waals surface area (Å²) in [5.74, 6) is 3.54. The topological polar surface area (TPSA) is 9.23 Å². The van der Waals surface area contributed by atoms with Gasteiger partial charge < -0.3 is 4.74 Å². The van der Waals surface area contributed by atoms with Crippen LogP contribution < -0.4 is 4.74 Å². The average Bonchev–Trinajstić information content (AvgIpc) is 2.77. The molecule has 0 N–H and O–H groups in total. The van der Waals surface area contributed by atoms with E-state index < -0.39 is 0 Å². The maximum atomic E-state index is 14.5. The van der Waals surface area contributed by atoms with E-state index in [1.807, 2.05) is 25.1 Å². The van der Waals surface area contributed by atoms with Gasteiger partial charge in [0.2, 0.25) is 0 Å². The van der Waals surface area contributed by atoms with E-state index in [9.17, 15) is 4.39 Å². The molecule has 1 nitrogen and oxygen atoms in total. The molecule has 0 spiro atoms. The van der Waals surface area contributed by atoms with Crippen molar-refractivity contribution < 1.29 is 9.13 Å². The Morgan fingerprint density at radius 1 is 1.00 bits per heavy atom. The number of rotatable bonds is 7. The molecule has 2 saturated carbocycles. The van der Waals surface area contributed by atoms with E-state index in [0.717, 1.165) is 28.5 Å². The Labute approximate surface area is 181 Å². The second kappa shape index (κ2) is 9.98. The summed E-state index contributed by atoms with van der Waals surface area (Å²) in [7, 11) is 0. The lowest BCUT2D eigenvalue weighted by molar-refractivity contribution is 0.113. The van der Waals surface area contributed by atoms with Gasteiger partial charge in [0.1, 0.15) is 6.61 Å². The first-order valence-corrected chi connectivity index (χ1v) is 12.1. The molecular weight excluding hydrogens is 371 g/mol. The van der Waals surface area contributed by atoms with Gasteiger partial charge in [-0.05, 0) is 91.2 Å². The summed E-state index contributed by atoms with van der Waals surface area (Å²) >= 11 is 0. The molecular formula is C28H37FO. The van der Waals surface area contributed by atoms with E-state index in [-0.39, 0.29) is 5.82 Å². The normalized spacial score (nSPS) is 26.8. The molecule has 2 aromatic carbocycles. The molecule has 0 aliphatic heterocycles. The fourth-order valence-corrected chi connectivity index (χ4v) is 5.91. The van der Waals surface area contributed by atoms with Crippen LogP contribution in [0.4, 0.5) is 4.39 Å². The molecule has 162 valence electrons. The molecule has 0 bridgehead atoms. The van der Waals surface area contributed by atoms with Crippen molar-refractivity contribution in [2.75, 3.05) is 6.61 Å². The third kappa shape index (κ3) is 4.90. The lowest BCUT2D eigenvalue weighted by atomic mass is 9.63. The number of halogens is 1. The number of ether oxygens (including phenoxy) is 1. The number of hydrogen-bond acceptors (Lipinski definition) is 1. The first-order chi connectivity index (χ1) is 14.7. The summed E-state index contributed by atoms with van der Waals surface area (Å²) in [6, 6.07) is 10.1. The van der Waals surface area contributed by atoms with Crippen LogP contribution in [0.1, 0.15) is 83.1 Å². The first-order valence-electron chi connectivity index (χ1n) is 12.1. The van der Waals surface area contributed by atoms with Gasteiger partial charge in [-0.15, -0.1) is 0 Å². The summed E-state index contributed by atoms with van der Waals surface area (Å²) in [5, 5.41) is 2.05. The van der Waals surface area contributed by atoms with Crippen molar-refractivity contribution in [2.45, 2.75) is 77.6 Å². The number of allylic oxidation sites excluding steroid dienone is 1. The van der Waals surface area contributed by atoms with Gasteiger partial charge >= 0.3 is 0 Å². The third-order valence-electron chi connectivity index (χ3n) is 7.64. The van der Waals surface area contributed by atoms with Gasteiger partial charge in [-0.25, -0.2) is 4.39 Å². The molecule has 2 heteroatoms. The Balaban J connectivity index is 1.43. The number of hydrogen-bond donors (Lipinski definition) is 0. The monoisotopic (exact) mass is 408 g/mol. The molecule has 4 atom stereocenters. The van der Waals surface area contributed by atoms with Crippen molar-refractivity contribution >= 4 is 10.8 Å². The number of fused-ring (bicyclic) bond motifs is 2. The molecule has 0 saturated heterocycles. The summed E-state index contributed by atoms with van der Waals surface area (Å²) in [6.45, 7) is 4.65. The smallest absolute Gasteiger partial charge is 0.165 e. The maximum absolute atomic E-state index is 14.5. The van der Waals surface area contributed by atoms with E-state index >= 15 is 0 Å². The Morgan fingerprint density at radius 3 is 2.67 bits per heavy atom. The fourth-order valence-electron chi connectivity index (χ4n) is 5.91. The summed E-state index contributed by atoms with van der Waals surface area (Å²) < 4.78 is 20.1. The summed E-state index contributed by atoms with van der Waals surface area (Å²) in [5.41, 5.74) is 1.40. The highest BCUT2D eigenvalue weighted by Gasteiger charge is 2.35. The van der Waals surface area contributed by atoms with Crippen molar-refractivity contribution in [3.8, 4) is 5.75 Å². The van der Waals surface area contributed by atoms with Crippen LogP contribution in [0.2, 0.25) is 0 Å². The van der Waals surface area contributed by atoms with Crippen LogP contribution in [0.5, 0.6) is 5.75 Å². The molecule has 2 aromatic rings. The zero-order chi connectivity index (χ0) is 20.9. The van der Waals surface area contributed by atoms with E-state index in [1.54, 1.807) is 6.07 Å². The van der Waals surface area contributed by atoms with Crippen LogP contribution in [0.25, 0.3) is 10.8 Å². The fraction of sp³-hybridized carbons (Fsp3) is 0.571. The Kier molecular flexibility index (Phi) is 7.12. The quantitative estimate of drug-likeness (QED) is 0.418. The highest BCUT2D eigenvalue weighted by atomic mass is 19.1. The van der Waals surface area contributed by atoms with Crippen LogP contribution in [-0.2, 0) is 0 Å². The van der Waals surface area contributed by atoms with E-state index in [0.29, 0.717) is 18.3 Å². The molecule has 0 amide bonds. The second-order valence-corrected chi connectivity index (χ2v) is 9.62. The maximum Gasteiger partial charge on any atom is 0.165 e. The van der Waals surface area contributed by atoms with Crippen LogP contribution in [-0.4, -0.2) is 6.61 Å². The molecule has 30 heavy (non-hydrogen) atoms. The zero-order valence-electron chi connectivity index (χ0n) is 18.7. The predicted octanol–water partition coefficient (Wildman–Crippen LogP) is 8.42. The minimum Gasteiger partial charge on any atom is -0.486 e. The largest absolute Gasteiger partial charge is 0.486 e. The minimum absolute atomic E-state index is 0.265. The van der Waals surface area contributed by atoms with Crippen LogP contribution in [0.3, 0.4) is 0 Å². The number of unbranched alkanes of at least 4 members (excludes halogenated alkanes) is 1. The van der Waals surface area contributed by atoms with E-state index in [1.165, 1.54) is 63.4 Å². The van der Waals surface area contributed by atoms with Crippen molar-refractivity contribution in [3.05, 3.63) is 53.9 Å². The van der Waals surface area contributed by atoms with Gasteiger partial charge in [0.25, 0.3) is 0 Å². The Bertz CT molecular complexity index is 870. The molecule has 0 aromatic heterocycles. The summed E-state index contributed by atoms with van der Waals surface area (Å²) in [4.78, 5) is 0. The molecule has 2 fully saturated rings. The van der Waals surface area contributed by atoms with Crippen LogP contribution >= 0.6 is 0 Å². The van der Waals surface area contributed by atoms with Gasteiger partial charge in [-0.1, -0.05) is 63.0 Å². The van der Waals surface area contributed by atoms with Gasteiger partial charge in [-0.3, -0.25) is 0 Å². The van der Waals surface area contributed by atoms with Crippen molar-refractivity contribution in [3.63, 3.8) is 0 Å². The van der Waals surface area contributed by atoms with Crippen LogP contribution in [0.15, 0.2) is 42.5 Å². The Morgan fingerprint density at radius 2 is 1.83 bits per heavy atom. The van der Waals surface area contributed by atoms with Crippen LogP contribution in [0, 0.1) is 23.6 Å². The van der Waals surface area contributed by atoms with Gasteiger partial charge in [0, 0.05) is 0 Å². The minimum atomic E-state index is -0.265. The molecule has 4 rings (SSSR count). The van der Waals surface area contributed by atoms with Gasteiger partial charge in [0.05, 0.1) is 0 Å². The highest BCUT2D eigenvalue weighted by Crippen LogP contribution is 2.48. The molecule has 2 aliphatic rings. The predicted molar refractivity (Wildman–Crippen MR) is 125 cm³/mol. The molecule has 2 aliphatic carbocycles. The molecule has 0 heterocycles. The van der Waals surface area contributed by atoms with E-state index in [2.05, 4.69) is 25.1 Å². The second-order valence-electron chi connectivity index (χ2n) is 9.62. The molecule has 4 unspecified atom stereocenters. The van der Waals surface area contributed by atoms with Gasteiger partial charge in [0.15, 0.2) is 11.6 Å². The van der Waals surface area contributed by atoms with Crippen molar-refractivity contribution in [2.24, 2.45) is 17.8 Å². The average molecular weight is 409 g/mol. The zero-order valence-corrected chi connectivity index (χ0v) is 18.7. The standard InChI is InChI=1S/C28H37FO/c1-3-5-7-20-8-9-22-16-23(11-10-21(22)15-20)24-12-13-25-19-28(30-14-6-4-2)27(29)18-26(25)17-24/h4,6,12-13,17-23H,3,5,7-11,14-16H2,1-2H3. The first kappa shape index (κ1) is 21.4. The van der Waals surface area contributed by atoms with Crippen molar-refractivity contribution in [1.82, 2.24) is 0 Å². The van der Waals surface area contributed by atoms with Gasteiger partial charge in [-0.2, -0.15) is 0 Å². The Hall–Kier alpha value is -1.83. The lowest BCUT2D eigenvalue weighted by Gasteiger charge is -2.42.